The Balaban J connectivity index is 3.13. The Bertz CT molecular complexity index is 637. The number of benzene rings is 1. The maximum atomic E-state index is 11.3. The van der Waals surface area contributed by atoms with Crippen LogP contribution in [-0.2, 0) is 4.74 Å². The second-order valence-corrected chi connectivity index (χ2v) is 3.81. The predicted molar refractivity (Wildman–Crippen MR) is 80.8 cm³/mol. The van der Waals surface area contributed by atoms with Crippen molar-refractivity contribution in [3.63, 3.8) is 0 Å². The van der Waals surface area contributed by atoms with Crippen LogP contribution in [-0.4, -0.2) is 29.5 Å². The van der Waals surface area contributed by atoms with Gasteiger partial charge in [0.15, 0.2) is 5.96 Å². The topological polar surface area (TPSA) is 184 Å². The quantitative estimate of drug-likeness (QED) is 0.268. The summed E-state index contributed by atoms with van der Waals surface area (Å²) >= 11 is 0. The molecule has 0 spiro atoms. The molecule has 0 aliphatic carbocycles. The normalized spacial score (nSPS) is 10.7. The van der Waals surface area contributed by atoms with Crippen molar-refractivity contribution in [1.29, 1.82) is 0 Å². The number of guanidine groups is 2. The van der Waals surface area contributed by atoms with Crippen molar-refractivity contribution in [2.75, 3.05) is 11.9 Å². The van der Waals surface area contributed by atoms with E-state index in [0.717, 1.165) is 6.07 Å². The van der Waals surface area contributed by atoms with Crippen LogP contribution in [0, 0.1) is 10.1 Å². The fourth-order valence-electron chi connectivity index (χ4n) is 1.41. The number of nitrogens with two attached hydrogens (primary N) is 3. The van der Waals surface area contributed by atoms with Gasteiger partial charge in [-0.3, -0.25) is 15.4 Å². The number of rotatable bonds is 4. The Hall–Kier alpha value is -3.37. The zero-order valence-electron chi connectivity index (χ0n) is 11.6. The first-order valence-corrected chi connectivity index (χ1v) is 5.99. The highest BCUT2D eigenvalue weighted by atomic mass is 16.6. The summed E-state index contributed by atoms with van der Waals surface area (Å²) in [5, 5.41) is 13.4. The molecule has 118 valence electrons. The van der Waals surface area contributed by atoms with E-state index >= 15 is 0 Å². The van der Waals surface area contributed by atoms with Crippen LogP contribution >= 0.6 is 0 Å². The number of carbonyl (C=O) groups excluding carboxylic acids is 1. The molecule has 1 aromatic carbocycles. The van der Waals surface area contributed by atoms with E-state index in [-0.39, 0.29) is 35.6 Å². The summed E-state index contributed by atoms with van der Waals surface area (Å²) in [6.45, 7) is 1.80. The zero-order valence-corrected chi connectivity index (χ0v) is 11.6. The molecule has 22 heavy (non-hydrogen) atoms. The molecule has 11 heteroatoms. The summed E-state index contributed by atoms with van der Waals surface area (Å²) in [4.78, 5) is 28.8. The van der Waals surface area contributed by atoms with Crippen LogP contribution in [0.1, 0.15) is 6.92 Å². The van der Waals surface area contributed by atoms with Gasteiger partial charge in [-0.15, -0.1) is 0 Å². The molecule has 11 nitrogen and oxygen atoms in total. The maximum absolute atomic E-state index is 11.3. The molecule has 1 amide bonds. The summed E-state index contributed by atoms with van der Waals surface area (Å²) < 4.78 is 4.67. The van der Waals surface area contributed by atoms with Gasteiger partial charge < -0.3 is 21.9 Å². The number of nitro benzene ring substituents is 1. The van der Waals surface area contributed by atoms with Crippen LogP contribution in [0.5, 0.6) is 0 Å². The summed E-state index contributed by atoms with van der Waals surface area (Å²) in [7, 11) is 0. The Kier molecular flexibility index (Phi) is 5.63. The minimum absolute atomic E-state index is 0.0677. The maximum Gasteiger partial charge on any atom is 0.411 e. The molecule has 0 radical (unpaired) electrons. The van der Waals surface area contributed by atoms with Crippen molar-refractivity contribution in [1.82, 2.24) is 0 Å². The lowest BCUT2D eigenvalue weighted by Gasteiger charge is -2.06. The molecule has 0 heterocycles. The first-order chi connectivity index (χ1) is 10.3. The summed E-state index contributed by atoms with van der Waals surface area (Å²) in [5.74, 6) is -0.668. The largest absolute Gasteiger partial charge is 0.450 e. The molecule has 0 atom stereocenters. The standard InChI is InChI=1S/C11H15N7O4/c1-2-22-11(19)15-6-3-4-7(8(5-6)18(20)21)16-10(14)17-9(12)13/h3-5H,2H2,1H3,(H,15,19)(H6,12,13,14,16,17). The smallest absolute Gasteiger partial charge is 0.411 e. The van der Waals surface area contributed by atoms with Crippen LogP contribution < -0.4 is 22.5 Å². The average molecular weight is 309 g/mol. The first kappa shape index (κ1) is 16.7. The van der Waals surface area contributed by atoms with Crippen LogP contribution in [0.4, 0.5) is 21.9 Å². The number of amides is 1. The fraction of sp³-hybridized carbons (Fsp3) is 0.182. The zero-order chi connectivity index (χ0) is 16.7. The van der Waals surface area contributed by atoms with Gasteiger partial charge in [-0.1, -0.05) is 0 Å². The third-order valence-corrected chi connectivity index (χ3v) is 2.17. The summed E-state index contributed by atoms with van der Waals surface area (Å²) in [6, 6.07) is 3.79. The summed E-state index contributed by atoms with van der Waals surface area (Å²) in [6.07, 6.45) is -0.729. The molecule has 0 saturated heterocycles. The van der Waals surface area contributed by atoms with Gasteiger partial charge in [-0.05, 0) is 19.1 Å². The van der Waals surface area contributed by atoms with Crippen molar-refractivity contribution in [3.05, 3.63) is 28.3 Å². The van der Waals surface area contributed by atoms with Gasteiger partial charge in [0.1, 0.15) is 5.69 Å². The second-order valence-electron chi connectivity index (χ2n) is 3.81. The third kappa shape index (κ3) is 4.96. The van der Waals surface area contributed by atoms with E-state index in [1.54, 1.807) is 6.92 Å². The Labute approximate surface area is 125 Å². The van der Waals surface area contributed by atoms with E-state index in [1.165, 1.54) is 12.1 Å². The van der Waals surface area contributed by atoms with Crippen molar-refractivity contribution in [2.45, 2.75) is 6.92 Å². The second kappa shape index (κ2) is 7.42. The molecule has 0 saturated carbocycles. The predicted octanol–water partition coefficient (Wildman–Crippen LogP) is 0.383. The molecule has 0 fully saturated rings. The van der Waals surface area contributed by atoms with Crippen molar-refractivity contribution >= 4 is 35.1 Å². The molecule has 7 N–H and O–H groups in total. The molecular formula is C11H15N7O4. The van der Waals surface area contributed by atoms with Crippen LogP contribution in [0.25, 0.3) is 0 Å². The molecular weight excluding hydrogens is 294 g/mol. The number of nitrogens with one attached hydrogen (secondary N) is 1. The van der Waals surface area contributed by atoms with Gasteiger partial charge in [-0.2, -0.15) is 4.99 Å². The van der Waals surface area contributed by atoms with E-state index in [4.69, 9.17) is 17.2 Å². The third-order valence-electron chi connectivity index (χ3n) is 2.17. The van der Waals surface area contributed by atoms with Crippen molar-refractivity contribution < 1.29 is 14.5 Å². The van der Waals surface area contributed by atoms with E-state index in [9.17, 15) is 14.9 Å². The highest BCUT2D eigenvalue weighted by molar-refractivity contribution is 5.94. The molecule has 0 bridgehead atoms. The van der Waals surface area contributed by atoms with Crippen molar-refractivity contribution in [3.8, 4) is 0 Å². The highest BCUT2D eigenvalue weighted by Crippen LogP contribution is 2.30. The number of anilines is 1. The minimum atomic E-state index is -0.729. The molecule has 0 aromatic heterocycles. The van der Waals surface area contributed by atoms with Gasteiger partial charge in [0, 0.05) is 6.07 Å². The number of hydrogen-bond donors (Lipinski definition) is 4. The van der Waals surface area contributed by atoms with Gasteiger partial charge >= 0.3 is 6.09 Å². The van der Waals surface area contributed by atoms with Crippen LogP contribution in [0.3, 0.4) is 0 Å². The Morgan fingerprint density at radius 2 is 2.09 bits per heavy atom. The monoisotopic (exact) mass is 309 g/mol. The molecule has 1 aromatic rings. The van der Waals surface area contributed by atoms with Gasteiger partial charge in [0.2, 0.25) is 5.96 Å². The summed E-state index contributed by atoms with van der Waals surface area (Å²) in [5.41, 5.74) is 15.4. The number of carbonyl (C=O) groups is 1. The van der Waals surface area contributed by atoms with Crippen LogP contribution in [0.15, 0.2) is 28.2 Å². The fourth-order valence-corrected chi connectivity index (χ4v) is 1.41. The lowest BCUT2D eigenvalue weighted by molar-refractivity contribution is -0.384. The number of nitro groups is 1. The lowest BCUT2D eigenvalue weighted by Crippen LogP contribution is -2.26. The number of nitrogens with zero attached hydrogens (tertiary/aromatic N) is 3. The Morgan fingerprint density at radius 3 is 2.64 bits per heavy atom. The lowest BCUT2D eigenvalue weighted by atomic mass is 10.2. The molecule has 0 aliphatic rings. The molecule has 1 rings (SSSR count). The van der Waals surface area contributed by atoms with E-state index in [2.05, 4.69) is 20.0 Å². The van der Waals surface area contributed by atoms with E-state index in [1.807, 2.05) is 0 Å². The van der Waals surface area contributed by atoms with Gasteiger partial charge in [0.05, 0.1) is 17.2 Å². The van der Waals surface area contributed by atoms with Gasteiger partial charge in [-0.25, -0.2) is 9.79 Å². The van der Waals surface area contributed by atoms with Crippen molar-refractivity contribution in [2.24, 2.45) is 27.2 Å². The Morgan fingerprint density at radius 1 is 1.41 bits per heavy atom. The minimum Gasteiger partial charge on any atom is -0.450 e. The van der Waals surface area contributed by atoms with Crippen LogP contribution in [0.2, 0.25) is 0 Å². The molecule has 0 unspecified atom stereocenters. The van der Waals surface area contributed by atoms with E-state index in [0.29, 0.717) is 0 Å². The number of ether oxygens (including phenoxy) is 1. The SMILES string of the molecule is CCOC(=O)Nc1ccc(N=C(N)N=C(N)N)c([N+](=O)[O-])c1. The average Bonchev–Trinajstić information content (AvgIpc) is 2.39. The first-order valence-electron chi connectivity index (χ1n) is 5.99. The number of hydrogen-bond acceptors (Lipinski definition) is 5. The van der Waals surface area contributed by atoms with Gasteiger partial charge in [0.25, 0.3) is 5.69 Å². The molecule has 0 aliphatic heterocycles. The number of aliphatic imine (C=N–C) groups is 2. The highest BCUT2D eigenvalue weighted by Gasteiger charge is 2.16. The van der Waals surface area contributed by atoms with E-state index < -0.39 is 11.0 Å².